The van der Waals surface area contributed by atoms with E-state index in [2.05, 4.69) is 20.3 Å². The van der Waals surface area contributed by atoms with E-state index in [1.807, 2.05) is 13.8 Å². The van der Waals surface area contributed by atoms with E-state index in [-0.39, 0.29) is 37.2 Å². The lowest BCUT2D eigenvalue weighted by molar-refractivity contribution is -0.121. The van der Waals surface area contributed by atoms with Crippen molar-refractivity contribution in [3.05, 3.63) is 44.1 Å². The Kier molecular flexibility index (Phi) is 5.65. The molecule has 4 N–H and O–H groups in total. The van der Waals surface area contributed by atoms with Crippen LogP contribution in [0.1, 0.15) is 17.5 Å². The van der Waals surface area contributed by atoms with Crippen LogP contribution >= 0.6 is 7.60 Å². The number of nitrogens with one attached hydrogen (secondary N) is 2. The van der Waals surface area contributed by atoms with Crippen molar-refractivity contribution in [2.24, 2.45) is 0 Å². The fourth-order valence-electron chi connectivity index (χ4n) is 2.92. The minimum atomic E-state index is -4.13. The zero-order valence-corrected chi connectivity index (χ0v) is 16.7. The third-order valence-electron chi connectivity index (χ3n) is 4.47. The van der Waals surface area contributed by atoms with Gasteiger partial charge in [-0.1, -0.05) is 0 Å². The van der Waals surface area contributed by atoms with E-state index in [4.69, 9.17) is 9.79 Å². The Morgan fingerprint density at radius 2 is 1.90 bits per heavy atom. The Labute approximate surface area is 164 Å². The van der Waals surface area contributed by atoms with Gasteiger partial charge < -0.3 is 19.7 Å². The molecular formula is C17H20N5O6P. The number of amides is 1. The summed E-state index contributed by atoms with van der Waals surface area (Å²) in [5.41, 5.74) is 1.28. The molecular weight excluding hydrogens is 401 g/mol. The normalized spacial score (nSPS) is 11.9. The average Bonchev–Trinajstić information content (AvgIpc) is 2.60. The second-order valence-electron chi connectivity index (χ2n) is 6.76. The van der Waals surface area contributed by atoms with Crippen LogP contribution in [-0.4, -0.2) is 47.9 Å². The van der Waals surface area contributed by atoms with Gasteiger partial charge in [-0.2, -0.15) is 4.98 Å². The molecule has 1 aromatic carbocycles. The van der Waals surface area contributed by atoms with Crippen LogP contribution in [0.15, 0.2) is 21.7 Å². The highest BCUT2D eigenvalue weighted by atomic mass is 31.2. The number of carbonyl (C=O) groups is 1. The predicted molar refractivity (Wildman–Crippen MR) is 105 cm³/mol. The largest absolute Gasteiger partial charge is 0.355 e. The number of hydrogen-bond acceptors (Lipinski definition) is 6. The summed E-state index contributed by atoms with van der Waals surface area (Å²) >= 11 is 0. The fourth-order valence-corrected chi connectivity index (χ4v) is 3.49. The summed E-state index contributed by atoms with van der Waals surface area (Å²) in [7, 11) is -4.13. The van der Waals surface area contributed by atoms with Crippen molar-refractivity contribution in [3.8, 4) is 11.5 Å². The summed E-state index contributed by atoms with van der Waals surface area (Å²) in [6.07, 6.45) is -0.226. The van der Waals surface area contributed by atoms with Crippen LogP contribution in [0.2, 0.25) is 0 Å². The highest BCUT2D eigenvalue weighted by Gasteiger charge is 2.21. The molecule has 0 atom stereocenters. The van der Waals surface area contributed by atoms with Crippen LogP contribution in [0.3, 0.4) is 0 Å². The Morgan fingerprint density at radius 1 is 1.21 bits per heavy atom. The second-order valence-corrected chi connectivity index (χ2v) is 8.53. The van der Waals surface area contributed by atoms with Crippen molar-refractivity contribution in [2.45, 2.75) is 26.8 Å². The predicted octanol–water partition coefficient (Wildman–Crippen LogP) is -0.115. The number of aryl methyl sites for hydroxylation is 2. The van der Waals surface area contributed by atoms with Gasteiger partial charge in [-0.15, -0.1) is 0 Å². The maximum atomic E-state index is 12.4. The molecule has 0 fully saturated rings. The first kappa shape index (κ1) is 20.8. The molecule has 0 unspecified atom stereocenters. The van der Waals surface area contributed by atoms with Gasteiger partial charge in [0, 0.05) is 6.54 Å². The first-order valence-electron chi connectivity index (χ1n) is 8.78. The highest BCUT2D eigenvalue weighted by molar-refractivity contribution is 7.51. The van der Waals surface area contributed by atoms with Gasteiger partial charge in [0.1, 0.15) is 6.54 Å². The van der Waals surface area contributed by atoms with Crippen molar-refractivity contribution < 1.29 is 19.1 Å². The summed E-state index contributed by atoms with van der Waals surface area (Å²) in [6.45, 7) is 3.60. The molecule has 154 valence electrons. The van der Waals surface area contributed by atoms with Crippen LogP contribution in [0.25, 0.3) is 22.6 Å². The maximum Gasteiger partial charge on any atom is 0.349 e. The van der Waals surface area contributed by atoms with Crippen molar-refractivity contribution in [2.75, 3.05) is 12.7 Å². The number of carbonyl (C=O) groups excluding carboxylic acids is 1. The van der Waals surface area contributed by atoms with E-state index in [9.17, 15) is 18.9 Å². The first-order valence-corrected chi connectivity index (χ1v) is 10.6. The molecule has 2 aliphatic rings. The minimum Gasteiger partial charge on any atom is -0.355 e. The zero-order valence-electron chi connectivity index (χ0n) is 15.8. The van der Waals surface area contributed by atoms with Gasteiger partial charge in [-0.3, -0.25) is 19.1 Å². The molecule has 0 saturated heterocycles. The average molecular weight is 421 g/mol. The van der Waals surface area contributed by atoms with Gasteiger partial charge in [-0.25, -0.2) is 9.78 Å². The molecule has 2 aliphatic heterocycles. The van der Waals surface area contributed by atoms with Crippen molar-refractivity contribution in [1.29, 1.82) is 0 Å². The van der Waals surface area contributed by atoms with Crippen LogP contribution in [0.5, 0.6) is 0 Å². The lowest BCUT2D eigenvalue weighted by atomic mass is 10.1. The van der Waals surface area contributed by atoms with Crippen LogP contribution in [0, 0.1) is 13.8 Å². The molecule has 1 aromatic rings. The molecule has 0 aromatic heterocycles. The van der Waals surface area contributed by atoms with E-state index in [0.29, 0.717) is 11.0 Å². The third kappa shape index (κ3) is 4.76. The van der Waals surface area contributed by atoms with Gasteiger partial charge in [0.25, 0.3) is 5.56 Å². The van der Waals surface area contributed by atoms with E-state index in [1.54, 1.807) is 12.1 Å². The quantitative estimate of drug-likeness (QED) is 0.243. The fraction of sp³-hybridized carbons (Fsp3) is 0.353. The monoisotopic (exact) mass is 421 g/mol. The third-order valence-corrected chi connectivity index (χ3v) is 5.37. The van der Waals surface area contributed by atoms with Crippen molar-refractivity contribution in [3.63, 3.8) is 0 Å². The van der Waals surface area contributed by atoms with E-state index >= 15 is 0 Å². The van der Waals surface area contributed by atoms with Gasteiger partial charge in [0.15, 0.2) is 11.5 Å². The molecule has 3 rings (SSSR count). The standard InChI is InChI=1S/C17H20N5O6P/c1-9-6-11-12(7-10(9)2)22(8-13(23)18-4-3-5-29(26,27)28)15-14(19-11)16(24)21-17(25)20-15/h6-7H,3-5,8H2,1-2H3,(H,18,23)(H,21,24,25)(H2,26,27,28). The number of rotatable bonds is 6. The Balaban J connectivity index is 2.01. The van der Waals surface area contributed by atoms with Crippen molar-refractivity contribution >= 4 is 24.5 Å². The molecule has 0 saturated carbocycles. The smallest absolute Gasteiger partial charge is 0.349 e. The molecule has 0 aliphatic carbocycles. The number of fused-ring (bicyclic) bond motifs is 2. The molecule has 0 bridgehead atoms. The Hall–Kier alpha value is -2.88. The summed E-state index contributed by atoms with van der Waals surface area (Å²) in [5.74, 6) is -0.470. The molecule has 29 heavy (non-hydrogen) atoms. The van der Waals surface area contributed by atoms with Crippen LogP contribution in [-0.2, 0) is 15.9 Å². The lowest BCUT2D eigenvalue weighted by Crippen LogP contribution is -2.33. The lowest BCUT2D eigenvalue weighted by Gasteiger charge is -2.17. The second kappa shape index (κ2) is 7.86. The number of aromatic amines is 1. The molecule has 0 spiro atoms. The van der Waals surface area contributed by atoms with E-state index in [1.165, 1.54) is 4.57 Å². The summed E-state index contributed by atoms with van der Waals surface area (Å²) in [4.78, 5) is 64.3. The van der Waals surface area contributed by atoms with Gasteiger partial charge >= 0.3 is 13.3 Å². The molecule has 2 heterocycles. The summed E-state index contributed by atoms with van der Waals surface area (Å²) in [5, 5.41) is 2.57. The number of aromatic nitrogens is 4. The van der Waals surface area contributed by atoms with Crippen LogP contribution < -0.4 is 16.6 Å². The van der Waals surface area contributed by atoms with Crippen molar-refractivity contribution in [1.82, 2.24) is 24.8 Å². The van der Waals surface area contributed by atoms with Crippen LogP contribution in [0.4, 0.5) is 0 Å². The van der Waals surface area contributed by atoms with Gasteiger partial charge in [0.05, 0.1) is 17.2 Å². The Morgan fingerprint density at radius 3 is 2.59 bits per heavy atom. The molecule has 12 heteroatoms. The van der Waals surface area contributed by atoms with Gasteiger partial charge in [-0.05, 0) is 43.5 Å². The minimum absolute atomic E-state index is 0.0140. The number of nitrogens with zero attached hydrogens (tertiary/aromatic N) is 3. The molecule has 0 radical (unpaired) electrons. The zero-order chi connectivity index (χ0) is 21.3. The Bertz CT molecular complexity index is 1230. The molecule has 1 amide bonds. The van der Waals surface area contributed by atoms with Gasteiger partial charge in [0.2, 0.25) is 5.91 Å². The highest BCUT2D eigenvalue weighted by Crippen LogP contribution is 2.34. The molecule has 11 nitrogen and oxygen atoms in total. The van der Waals surface area contributed by atoms with E-state index in [0.717, 1.165) is 11.1 Å². The summed E-state index contributed by atoms with van der Waals surface area (Å²) in [6, 6.07) is 3.58. The number of benzene rings is 1. The number of hydrogen-bond donors (Lipinski definition) is 4. The number of H-pyrrole nitrogens is 1. The SMILES string of the molecule is Cc1cc2nc3c(=O)[nH]c(=O)nc-3n(CC(=O)NCCCP(=O)(O)O)c2cc1C. The summed E-state index contributed by atoms with van der Waals surface area (Å²) < 4.78 is 12.3. The first-order chi connectivity index (χ1) is 13.5. The topological polar surface area (TPSA) is 167 Å². The van der Waals surface area contributed by atoms with E-state index < -0.39 is 24.8 Å². The maximum absolute atomic E-state index is 12.4.